The number of nitrogens with zero attached hydrogens (tertiary/aromatic N) is 3. The molecule has 0 bridgehead atoms. The summed E-state index contributed by atoms with van der Waals surface area (Å²) in [6.07, 6.45) is -9.29. The first kappa shape index (κ1) is 30.1. The van der Waals surface area contributed by atoms with Gasteiger partial charge < -0.3 is 10.1 Å². The van der Waals surface area contributed by atoms with Gasteiger partial charge in [0.05, 0.1) is 17.7 Å². The number of aromatic nitrogens is 3. The maximum absolute atomic E-state index is 13.5. The molecule has 0 radical (unpaired) electrons. The number of nitrogens with one attached hydrogen (secondary N) is 1. The molecule has 1 N–H and O–H groups in total. The minimum atomic E-state index is -4.74. The fraction of sp³-hybridized carbons (Fsp3) is 0.385. The third kappa shape index (κ3) is 6.60. The minimum absolute atomic E-state index is 0.0108. The molecule has 39 heavy (non-hydrogen) atoms. The van der Waals surface area contributed by atoms with Crippen LogP contribution in [0.2, 0.25) is 5.02 Å². The molecule has 0 spiro atoms. The molecule has 0 saturated heterocycles. The van der Waals surface area contributed by atoms with Crippen LogP contribution in [0.5, 0.6) is 6.01 Å². The molecular formula is C26H25ClF6N4O2. The summed E-state index contributed by atoms with van der Waals surface area (Å²) in [5.74, 6) is -1.63. The smallest absolute Gasteiger partial charge is 0.416 e. The Labute approximate surface area is 225 Å². The molecule has 2 aromatic carbocycles. The molecule has 0 fully saturated rings. The summed E-state index contributed by atoms with van der Waals surface area (Å²) in [4.78, 5) is 24.9. The monoisotopic (exact) mass is 574 g/mol. The number of hydrogen-bond acceptors (Lipinski definition) is 5. The topological polar surface area (TPSA) is 77.0 Å². The zero-order chi connectivity index (χ0) is 29.3. The van der Waals surface area contributed by atoms with Gasteiger partial charge in [-0.05, 0) is 55.2 Å². The Morgan fingerprint density at radius 1 is 0.974 bits per heavy atom. The van der Waals surface area contributed by atoms with Gasteiger partial charge in [0.1, 0.15) is 5.41 Å². The van der Waals surface area contributed by atoms with Crippen molar-refractivity contribution in [2.75, 3.05) is 7.11 Å². The predicted molar refractivity (Wildman–Crippen MR) is 133 cm³/mol. The number of carbonyl (C=O) groups excluding carboxylic acids is 1. The Morgan fingerprint density at radius 2 is 1.62 bits per heavy atom. The molecule has 0 saturated carbocycles. The van der Waals surface area contributed by atoms with Crippen molar-refractivity contribution in [1.82, 2.24) is 20.3 Å². The first-order chi connectivity index (χ1) is 18.0. The maximum Gasteiger partial charge on any atom is 0.416 e. The lowest BCUT2D eigenvalue weighted by Gasteiger charge is -2.26. The van der Waals surface area contributed by atoms with Crippen LogP contribution in [0.25, 0.3) is 22.8 Å². The summed E-state index contributed by atoms with van der Waals surface area (Å²) in [6, 6.07) is 7.86. The number of ether oxygens (including phenoxy) is 1. The van der Waals surface area contributed by atoms with Crippen molar-refractivity contribution in [3.8, 4) is 28.8 Å². The number of hydrogen-bond donors (Lipinski definition) is 1. The second-order valence-electron chi connectivity index (χ2n) is 9.54. The number of halogens is 7. The molecule has 0 aliphatic rings. The third-order valence-corrected chi connectivity index (χ3v) is 6.37. The standard InChI is InChI=1S/C26H25ClF6N4O2/c1-13(2)16-11-15(7-8-18(16)25(28,29)30)20-35-21(37-23(36-20)39-5)17-10-14(6-9-19(17)27)12-34-22(38)24(3,4)26(31,32)33/h6-11,13H,12H2,1-5H3,(H,34,38). The van der Waals surface area contributed by atoms with E-state index in [0.717, 1.165) is 19.9 Å². The molecule has 0 atom stereocenters. The van der Waals surface area contributed by atoms with Crippen molar-refractivity contribution in [2.24, 2.45) is 5.41 Å². The van der Waals surface area contributed by atoms with E-state index in [9.17, 15) is 31.1 Å². The molecule has 0 aliphatic heterocycles. The largest absolute Gasteiger partial charge is 0.467 e. The van der Waals surface area contributed by atoms with E-state index < -0.39 is 35.2 Å². The van der Waals surface area contributed by atoms with Gasteiger partial charge in [0.25, 0.3) is 0 Å². The van der Waals surface area contributed by atoms with Crippen LogP contribution in [0.15, 0.2) is 36.4 Å². The highest BCUT2D eigenvalue weighted by Gasteiger charge is 2.52. The molecule has 0 aliphatic carbocycles. The summed E-state index contributed by atoms with van der Waals surface area (Å²) in [6.45, 7) is 4.58. The normalized spacial score (nSPS) is 12.5. The lowest BCUT2D eigenvalue weighted by Crippen LogP contribution is -2.46. The fourth-order valence-electron chi connectivity index (χ4n) is 3.52. The van der Waals surface area contributed by atoms with Crippen LogP contribution in [-0.2, 0) is 17.5 Å². The van der Waals surface area contributed by atoms with E-state index in [1.807, 2.05) is 0 Å². The van der Waals surface area contributed by atoms with Crippen LogP contribution in [0.1, 0.15) is 50.3 Å². The van der Waals surface area contributed by atoms with Crippen LogP contribution in [0, 0.1) is 5.41 Å². The van der Waals surface area contributed by atoms with Gasteiger partial charge in [-0.25, -0.2) is 4.98 Å². The highest BCUT2D eigenvalue weighted by Crippen LogP contribution is 2.39. The number of benzene rings is 2. The Balaban J connectivity index is 2.02. The van der Waals surface area contributed by atoms with Crippen molar-refractivity contribution in [3.63, 3.8) is 0 Å². The first-order valence-electron chi connectivity index (χ1n) is 11.6. The summed E-state index contributed by atoms with van der Waals surface area (Å²) >= 11 is 6.36. The van der Waals surface area contributed by atoms with E-state index in [2.05, 4.69) is 20.3 Å². The molecule has 13 heteroatoms. The van der Waals surface area contributed by atoms with Crippen molar-refractivity contribution in [2.45, 2.75) is 52.5 Å². The molecule has 210 valence electrons. The van der Waals surface area contributed by atoms with Gasteiger partial charge in [-0.3, -0.25) is 4.79 Å². The van der Waals surface area contributed by atoms with Gasteiger partial charge in [-0.1, -0.05) is 37.6 Å². The molecular weight excluding hydrogens is 550 g/mol. The number of alkyl halides is 6. The molecule has 3 aromatic rings. The average molecular weight is 575 g/mol. The van der Waals surface area contributed by atoms with Crippen molar-refractivity contribution < 1.29 is 35.9 Å². The van der Waals surface area contributed by atoms with Crippen molar-refractivity contribution in [1.29, 1.82) is 0 Å². The molecule has 1 aromatic heterocycles. The SMILES string of the molecule is COc1nc(-c2ccc(C(F)(F)F)c(C(C)C)c2)nc(-c2cc(CNC(=O)C(C)(C)C(F)(F)F)ccc2Cl)n1. The van der Waals surface area contributed by atoms with Crippen LogP contribution in [-0.4, -0.2) is 34.1 Å². The number of carbonyl (C=O) groups is 1. The molecule has 1 amide bonds. The van der Waals surface area contributed by atoms with E-state index in [-0.39, 0.29) is 45.9 Å². The zero-order valence-electron chi connectivity index (χ0n) is 21.6. The quantitative estimate of drug-likeness (QED) is 0.302. The van der Waals surface area contributed by atoms with Crippen LogP contribution < -0.4 is 10.1 Å². The number of methoxy groups -OCH3 is 1. The Bertz CT molecular complexity index is 1370. The second-order valence-corrected chi connectivity index (χ2v) is 9.95. The van der Waals surface area contributed by atoms with E-state index >= 15 is 0 Å². The van der Waals surface area contributed by atoms with Crippen LogP contribution in [0.3, 0.4) is 0 Å². The summed E-state index contributed by atoms with van der Waals surface area (Å²) < 4.78 is 85.2. The Morgan fingerprint density at radius 3 is 2.18 bits per heavy atom. The van der Waals surface area contributed by atoms with E-state index in [0.29, 0.717) is 5.56 Å². The van der Waals surface area contributed by atoms with Gasteiger partial charge in [0, 0.05) is 17.7 Å². The highest BCUT2D eigenvalue weighted by atomic mass is 35.5. The van der Waals surface area contributed by atoms with E-state index in [1.54, 1.807) is 13.8 Å². The van der Waals surface area contributed by atoms with E-state index in [4.69, 9.17) is 16.3 Å². The lowest BCUT2D eigenvalue weighted by molar-refractivity contribution is -0.211. The fourth-order valence-corrected chi connectivity index (χ4v) is 3.72. The lowest BCUT2D eigenvalue weighted by atomic mass is 9.91. The summed E-state index contributed by atoms with van der Waals surface area (Å²) in [5, 5.41) is 2.44. The Hall–Kier alpha value is -3.41. The minimum Gasteiger partial charge on any atom is -0.467 e. The first-order valence-corrected chi connectivity index (χ1v) is 12.0. The van der Waals surface area contributed by atoms with Gasteiger partial charge in [-0.2, -0.15) is 36.3 Å². The number of amides is 1. The van der Waals surface area contributed by atoms with Gasteiger partial charge in [-0.15, -0.1) is 0 Å². The summed E-state index contributed by atoms with van der Waals surface area (Å²) in [5.41, 5.74) is -2.39. The maximum atomic E-state index is 13.5. The van der Waals surface area contributed by atoms with Crippen molar-refractivity contribution >= 4 is 17.5 Å². The Kier molecular flexibility index (Phi) is 8.49. The molecule has 1 heterocycles. The average Bonchev–Trinajstić information content (AvgIpc) is 2.85. The highest BCUT2D eigenvalue weighted by molar-refractivity contribution is 6.33. The molecule has 0 unspecified atom stereocenters. The van der Waals surface area contributed by atoms with Gasteiger partial charge >= 0.3 is 18.4 Å². The van der Waals surface area contributed by atoms with Crippen LogP contribution in [0.4, 0.5) is 26.3 Å². The molecule has 6 nitrogen and oxygen atoms in total. The van der Waals surface area contributed by atoms with Gasteiger partial charge in [0.2, 0.25) is 5.91 Å². The second kappa shape index (κ2) is 11.0. The predicted octanol–water partition coefficient (Wildman–Crippen LogP) is 7.21. The zero-order valence-corrected chi connectivity index (χ0v) is 22.3. The molecule has 3 rings (SSSR count). The van der Waals surface area contributed by atoms with E-state index in [1.165, 1.54) is 37.4 Å². The third-order valence-electron chi connectivity index (χ3n) is 6.04. The summed E-state index contributed by atoms with van der Waals surface area (Å²) in [7, 11) is 1.30. The van der Waals surface area contributed by atoms with Crippen LogP contribution >= 0.6 is 11.6 Å². The van der Waals surface area contributed by atoms with Crippen molar-refractivity contribution in [3.05, 3.63) is 58.1 Å². The number of rotatable bonds is 7. The van der Waals surface area contributed by atoms with Gasteiger partial charge in [0.15, 0.2) is 11.6 Å².